The van der Waals surface area contributed by atoms with E-state index in [0.717, 1.165) is 6.21 Å². The van der Waals surface area contributed by atoms with Gasteiger partial charge in [-0.25, -0.2) is 9.59 Å². The van der Waals surface area contributed by atoms with E-state index in [1.165, 1.54) is 7.11 Å². The van der Waals surface area contributed by atoms with Crippen LogP contribution in [-0.4, -0.2) is 37.1 Å². The highest BCUT2D eigenvalue weighted by Gasteiger charge is 2.27. The van der Waals surface area contributed by atoms with Crippen LogP contribution in [0.2, 0.25) is 0 Å². The first-order valence-corrected chi connectivity index (χ1v) is 6.31. The molecule has 6 nitrogen and oxygen atoms in total. The SMILES string of the molecule is C=CCC(C)OC(=O)C1=C[CH+]C=C/C1=N\N=CC(=O)OC. The molecule has 0 bridgehead atoms. The van der Waals surface area contributed by atoms with Crippen LogP contribution >= 0.6 is 0 Å². The van der Waals surface area contributed by atoms with Crippen molar-refractivity contribution in [3.63, 3.8) is 0 Å². The summed E-state index contributed by atoms with van der Waals surface area (Å²) in [5, 5.41) is 7.39. The molecule has 0 radical (unpaired) electrons. The fraction of sp³-hybridized carbons (Fsp3) is 0.267. The highest BCUT2D eigenvalue weighted by molar-refractivity contribution is 6.26. The Hall–Kier alpha value is -2.63. The normalized spacial score (nSPS) is 17.0. The van der Waals surface area contributed by atoms with E-state index >= 15 is 0 Å². The first-order valence-electron chi connectivity index (χ1n) is 6.31. The Morgan fingerprint density at radius 1 is 1.52 bits per heavy atom. The number of nitrogens with zero attached hydrogens (tertiary/aromatic N) is 2. The molecule has 21 heavy (non-hydrogen) atoms. The molecule has 0 saturated carbocycles. The van der Waals surface area contributed by atoms with Crippen LogP contribution in [0.3, 0.4) is 0 Å². The summed E-state index contributed by atoms with van der Waals surface area (Å²) in [7, 11) is 1.24. The molecule has 0 heterocycles. The minimum atomic E-state index is -0.626. The standard InChI is InChI=1S/C15H17N2O4/c1-4-7-11(2)21-15(19)12-8-5-6-9-13(12)17-16-10-14(18)20-3/h4-6,8-11H,1,7H2,2-3H3/q+1/b16-10?,17-13+. The number of ether oxygens (including phenoxy) is 2. The van der Waals surface area contributed by atoms with Crippen LogP contribution < -0.4 is 0 Å². The smallest absolute Gasteiger partial charge is 0.398 e. The Kier molecular flexibility index (Phi) is 6.67. The molecule has 0 aromatic rings. The molecule has 0 aliphatic heterocycles. The third-order valence-electron chi connectivity index (χ3n) is 2.46. The molecule has 0 aromatic heterocycles. The van der Waals surface area contributed by atoms with Gasteiger partial charge in [-0.3, -0.25) is 0 Å². The predicted molar refractivity (Wildman–Crippen MR) is 79.8 cm³/mol. The summed E-state index contributed by atoms with van der Waals surface area (Å²) in [6.45, 7) is 5.36. The first-order chi connectivity index (χ1) is 10.1. The summed E-state index contributed by atoms with van der Waals surface area (Å²) in [6.07, 6.45) is 9.46. The van der Waals surface area contributed by atoms with Gasteiger partial charge in [-0.1, -0.05) is 6.08 Å². The number of hydrogen-bond donors (Lipinski definition) is 0. The molecule has 0 aromatic carbocycles. The minimum absolute atomic E-state index is 0.274. The van der Waals surface area contributed by atoms with Crippen molar-refractivity contribution in [2.45, 2.75) is 19.4 Å². The van der Waals surface area contributed by atoms with Crippen LogP contribution in [0.15, 0.2) is 46.7 Å². The zero-order valence-electron chi connectivity index (χ0n) is 12.0. The highest BCUT2D eigenvalue weighted by atomic mass is 16.5. The molecule has 1 rings (SSSR count). The van der Waals surface area contributed by atoms with E-state index in [-0.39, 0.29) is 11.7 Å². The van der Waals surface area contributed by atoms with Crippen LogP contribution in [0.4, 0.5) is 0 Å². The summed E-state index contributed by atoms with van der Waals surface area (Å²) in [5.41, 5.74) is 0.587. The molecule has 1 atom stereocenters. The molecule has 0 N–H and O–H groups in total. The van der Waals surface area contributed by atoms with Crippen molar-refractivity contribution >= 4 is 23.9 Å². The van der Waals surface area contributed by atoms with Crippen molar-refractivity contribution < 1.29 is 19.1 Å². The van der Waals surface area contributed by atoms with Gasteiger partial charge in [0.25, 0.3) is 0 Å². The lowest BCUT2D eigenvalue weighted by Gasteiger charge is -2.10. The molecule has 0 saturated heterocycles. The Morgan fingerprint density at radius 3 is 2.95 bits per heavy atom. The van der Waals surface area contributed by atoms with Gasteiger partial charge >= 0.3 is 11.9 Å². The van der Waals surface area contributed by atoms with Gasteiger partial charge < -0.3 is 9.47 Å². The van der Waals surface area contributed by atoms with Crippen molar-refractivity contribution in [3.8, 4) is 0 Å². The zero-order chi connectivity index (χ0) is 15.7. The number of rotatable bonds is 6. The second-order valence-electron chi connectivity index (χ2n) is 4.13. The number of carbonyl (C=O) groups excluding carboxylic acids is 2. The Bertz CT molecular complexity index is 530. The molecule has 1 aliphatic carbocycles. The zero-order valence-corrected chi connectivity index (χ0v) is 12.0. The Morgan fingerprint density at radius 2 is 2.29 bits per heavy atom. The fourth-order valence-corrected chi connectivity index (χ4v) is 1.45. The van der Waals surface area contributed by atoms with Crippen molar-refractivity contribution in [3.05, 3.63) is 42.9 Å². The number of hydrogen-bond acceptors (Lipinski definition) is 6. The molecular weight excluding hydrogens is 272 g/mol. The second-order valence-corrected chi connectivity index (χ2v) is 4.13. The number of methoxy groups -OCH3 is 1. The summed E-state index contributed by atoms with van der Waals surface area (Å²) in [5.74, 6) is -1.13. The van der Waals surface area contributed by atoms with Crippen molar-refractivity contribution in [1.29, 1.82) is 0 Å². The van der Waals surface area contributed by atoms with Gasteiger partial charge in [-0.05, 0) is 6.92 Å². The maximum Gasteiger partial charge on any atom is 0.398 e. The summed E-state index contributed by atoms with van der Waals surface area (Å²) >= 11 is 0. The maximum atomic E-state index is 12.0. The van der Waals surface area contributed by atoms with E-state index in [1.807, 2.05) is 0 Å². The van der Waals surface area contributed by atoms with Gasteiger partial charge in [-0.15, -0.1) is 16.8 Å². The molecule has 0 fully saturated rings. The van der Waals surface area contributed by atoms with Gasteiger partial charge in [0.2, 0.25) is 5.71 Å². The average Bonchev–Trinajstić information content (AvgIpc) is 2.47. The summed E-state index contributed by atoms with van der Waals surface area (Å²) < 4.78 is 9.65. The molecule has 0 spiro atoms. The maximum absolute atomic E-state index is 12.0. The van der Waals surface area contributed by atoms with Gasteiger partial charge in [0.05, 0.1) is 25.3 Å². The largest absolute Gasteiger partial charge is 0.465 e. The minimum Gasteiger partial charge on any atom is -0.465 e. The fourth-order valence-electron chi connectivity index (χ4n) is 1.45. The summed E-state index contributed by atoms with van der Waals surface area (Å²) in [6, 6.07) is 0. The number of carbonyl (C=O) groups is 2. The van der Waals surface area contributed by atoms with Crippen LogP contribution in [0.5, 0.6) is 0 Å². The van der Waals surface area contributed by atoms with Gasteiger partial charge in [0.1, 0.15) is 12.3 Å². The molecule has 1 unspecified atom stereocenters. The quantitative estimate of drug-likeness (QED) is 0.245. The molecule has 6 heteroatoms. The van der Waals surface area contributed by atoms with E-state index < -0.39 is 11.9 Å². The van der Waals surface area contributed by atoms with Crippen LogP contribution in [-0.2, 0) is 19.1 Å². The highest BCUT2D eigenvalue weighted by Crippen LogP contribution is 2.13. The van der Waals surface area contributed by atoms with Gasteiger partial charge in [0, 0.05) is 12.8 Å². The monoisotopic (exact) mass is 289 g/mol. The third kappa shape index (κ3) is 5.48. The van der Waals surface area contributed by atoms with E-state index in [1.54, 1.807) is 37.6 Å². The lowest BCUT2D eigenvalue weighted by molar-refractivity contribution is -0.142. The first kappa shape index (κ1) is 16.4. The van der Waals surface area contributed by atoms with E-state index in [0.29, 0.717) is 12.1 Å². The molecule has 0 amide bonds. The molecule has 110 valence electrons. The van der Waals surface area contributed by atoms with Crippen molar-refractivity contribution in [2.24, 2.45) is 10.2 Å². The molecule has 1 aliphatic rings. The average molecular weight is 289 g/mol. The van der Waals surface area contributed by atoms with Crippen LogP contribution in [0, 0.1) is 6.42 Å². The lowest BCUT2D eigenvalue weighted by Crippen LogP contribution is -2.21. The molecular formula is C15H17N2O4+. The predicted octanol–water partition coefficient (Wildman–Crippen LogP) is 1.79. The number of allylic oxidation sites excluding steroid dienone is 3. The Labute approximate surface area is 123 Å². The topological polar surface area (TPSA) is 77.3 Å². The van der Waals surface area contributed by atoms with E-state index in [4.69, 9.17) is 4.74 Å². The van der Waals surface area contributed by atoms with Crippen LogP contribution in [0.1, 0.15) is 13.3 Å². The van der Waals surface area contributed by atoms with E-state index in [9.17, 15) is 9.59 Å². The number of esters is 2. The van der Waals surface area contributed by atoms with Crippen LogP contribution in [0.25, 0.3) is 0 Å². The van der Waals surface area contributed by atoms with Crippen molar-refractivity contribution in [2.75, 3.05) is 7.11 Å². The second kappa shape index (κ2) is 8.52. The van der Waals surface area contributed by atoms with Crippen molar-refractivity contribution in [1.82, 2.24) is 0 Å². The lowest BCUT2D eigenvalue weighted by atomic mass is 10.0. The third-order valence-corrected chi connectivity index (χ3v) is 2.46. The Balaban J connectivity index is 2.79. The summed E-state index contributed by atoms with van der Waals surface area (Å²) in [4.78, 5) is 22.9. The van der Waals surface area contributed by atoms with E-state index in [2.05, 4.69) is 21.5 Å². The van der Waals surface area contributed by atoms with Gasteiger partial charge in [0.15, 0.2) is 5.57 Å². The van der Waals surface area contributed by atoms with Gasteiger partial charge in [-0.2, -0.15) is 0 Å².